The monoisotopic (exact) mass is 280 g/mol. The first kappa shape index (κ1) is 15.6. The predicted molar refractivity (Wildman–Crippen MR) is 72.1 cm³/mol. The van der Waals surface area contributed by atoms with Crippen LogP contribution in [-0.4, -0.2) is 22.9 Å². The zero-order valence-electron chi connectivity index (χ0n) is 11.5. The molecule has 0 aliphatic rings. The summed E-state index contributed by atoms with van der Waals surface area (Å²) in [5.41, 5.74) is -0.154. The third kappa shape index (κ3) is 4.04. The van der Waals surface area contributed by atoms with E-state index in [0.717, 1.165) is 0 Å². The Labute approximate surface area is 116 Å². The summed E-state index contributed by atoms with van der Waals surface area (Å²) >= 11 is 0. The first-order valence-corrected chi connectivity index (χ1v) is 6.07. The van der Waals surface area contributed by atoms with Crippen LogP contribution in [0.3, 0.4) is 0 Å². The smallest absolute Gasteiger partial charge is 0.309 e. The number of rotatable bonds is 5. The van der Waals surface area contributed by atoms with Gasteiger partial charge in [0.05, 0.1) is 10.8 Å². The number of esters is 1. The molecule has 108 valence electrons. The maximum Gasteiger partial charge on any atom is 0.309 e. The number of ether oxygens (including phenoxy) is 1. The van der Waals surface area contributed by atoms with Gasteiger partial charge in [-0.3, -0.25) is 19.7 Å². The first-order valence-electron chi connectivity index (χ1n) is 6.07. The number of amides is 1. The van der Waals surface area contributed by atoms with E-state index in [1.165, 1.54) is 25.1 Å². The lowest BCUT2D eigenvalue weighted by atomic mass is 10.2. The molecule has 0 unspecified atom stereocenters. The van der Waals surface area contributed by atoms with Crippen LogP contribution in [0.1, 0.15) is 20.8 Å². The van der Waals surface area contributed by atoms with E-state index in [1.807, 2.05) is 0 Å². The quantitative estimate of drug-likeness (QED) is 0.506. The van der Waals surface area contributed by atoms with E-state index in [9.17, 15) is 19.7 Å². The number of nitro benzene ring substituents is 1. The molecule has 7 heteroatoms. The molecule has 0 radical (unpaired) electrons. The summed E-state index contributed by atoms with van der Waals surface area (Å²) < 4.78 is 4.93. The van der Waals surface area contributed by atoms with Gasteiger partial charge in [0.15, 0.2) is 6.10 Å². The Kier molecular flexibility index (Phi) is 5.19. The molecular weight excluding hydrogens is 264 g/mol. The zero-order chi connectivity index (χ0) is 15.3. The molecule has 1 atom stereocenters. The summed E-state index contributed by atoms with van der Waals surface area (Å²) in [6.45, 7) is 4.70. The number of anilines is 1. The minimum Gasteiger partial charge on any atom is -0.452 e. The van der Waals surface area contributed by atoms with Crippen LogP contribution in [0, 0.1) is 16.0 Å². The molecule has 0 aromatic heterocycles. The van der Waals surface area contributed by atoms with Crippen molar-refractivity contribution in [2.75, 3.05) is 5.32 Å². The van der Waals surface area contributed by atoms with Gasteiger partial charge in [-0.1, -0.05) is 26.0 Å². The number of carbonyl (C=O) groups excluding carboxylic acids is 2. The summed E-state index contributed by atoms with van der Waals surface area (Å²) in [7, 11) is 0. The molecule has 0 aliphatic carbocycles. The Balaban J connectivity index is 2.76. The van der Waals surface area contributed by atoms with Gasteiger partial charge >= 0.3 is 5.97 Å². The summed E-state index contributed by atoms with van der Waals surface area (Å²) in [6.07, 6.45) is -1.02. The number of hydrogen-bond acceptors (Lipinski definition) is 5. The largest absolute Gasteiger partial charge is 0.452 e. The third-order valence-electron chi connectivity index (χ3n) is 2.49. The summed E-state index contributed by atoms with van der Waals surface area (Å²) in [5, 5.41) is 13.2. The molecule has 1 aromatic rings. The van der Waals surface area contributed by atoms with Crippen molar-refractivity contribution in [2.45, 2.75) is 26.9 Å². The molecule has 20 heavy (non-hydrogen) atoms. The van der Waals surface area contributed by atoms with Crippen molar-refractivity contribution in [1.82, 2.24) is 0 Å². The van der Waals surface area contributed by atoms with Crippen molar-refractivity contribution in [3.8, 4) is 0 Å². The lowest BCUT2D eigenvalue weighted by molar-refractivity contribution is -0.383. The van der Waals surface area contributed by atoms with Crippen LogP contribution in [0.15, 0.2) is 24.3 Å². The topological polar surface area (TPSA) is 98.5 Å². The highest BCUT2D eigenvalue weighted by molar-refractivity contribution is 5.96. The minimum absolute atomic E-state index is 0.0648. The van der Waals surface area contributed by atoms with Crippen LogP contribution in [0.5, 0.6) is 0 Å². The van der Waals surface area contributed by atoms with Crippen molar-refractivity contribution in [1.29, 1.82) is 0 Å². The Morgan fingerprint density at radius 2 is 1.85 bits per heavy atom. The van der Waals surface area contributed by atoms with Crippen LogP contribution < -0.4 is 5.32 Å². The van der Waals surface area contributed by atoms with Crippen LogP contribution in [0.2, 0.25) is 0 Å². The van der Waals surface area contributed by atoms with Crippen molar-refractivity contribution >= 4 is 23.3 Å². The van der Waals surface area contributed by atoms with Gasteiger partial charge in [0, 0.05) is 6.07 Å². The second-order valence-electron chi connectivity index (χ2n) is 4.50. The van der Waals surface area contributed by atoms with Gasteiger partial charge in [-0.25, -0.2) is 0 Å². The fraction of sp³-hybridized carbons (Fsp3) is 0.385. The van der Waals surface area contributed by atoms with E-state index in [1.54, 1.807) is 19.9 Å². The fourth-order valence-electron chi connectivity index (χ4n) is 1.34. The minimum atomic E-state index is -1.02. The molecule has 0 spiro atoms. The van der Waals surface area contributed by atoms with Crippen LogP contribution in [-0.2, 0) is 14.3 Å². The van der Waals surface area contributed by atoms with E-state index in [2.05, 4.69) is 5.32 Å². The van der Waals surface area contributed by atoms with E-state index in [0.29, 0.717) is 0 Å². The number of nitro groups is 1. The van der Waals surface area contributed by atoms with Gasteiger partial charge in [0.25, 0.3) is 11.6 Å². The highest BCUT2D eigenvalue weighted by atomic mass is 16.6. The Hall–Kier alpha value is -2.44. The lowest BCUT2D eigenvalue weighted by Gasteiger charge is -2.14. The number of para-hydroxylation sites is 2. The molecule has 1 amide bonds. The molecule has 0 bridgehead atoms. The lowest BCUT2D eigenvalue weighted by Crippen LogP contribution is -2.31. The summed E-state index contributed by atoms with van der Waals surface area (Å²) in [6, 6.07) is 5.75. The Bertz CT molecular complexity index is 527. The number of hydrogen-bond donors (Lipinski definition) is 1. The van der Waals surface area contributed by atoms with Gasteiger partial charge in [0.1, 0.15) is 5.69 Å². The van der Waals surface area contributed by atoms with Crippen molar-refractivity contribution in [3.63, 3.8) is 0 Å². The van der Waals surface area contributed by atoms with E-state index >= 15 is 0 Å². The second-order valence-corrected chi connectivity index (χ2v) is 4.50. The standard InChI is InChI=1S/C13H16N2O5/c1-8(2)13(17)20-9(3)12(16)14-10-6-4-5-7-11(10)15(18)19/h4-9H,1-3H3,(H,14,16)/t9-/m0/s1. The maximum atomic E-state index is 11.8. The van der Waals surface area contributed by atoms with Gasteiger partial charge in [0.2, 0.25) is 0 Å². The molecule has 1 N–H and O–H groups in total. The van der Waals surface area contributed by atoms with Gasteiger partial charge in [-0.05, 0) is 13.0 Å². The van der Waals surface area contributed by atoms with Gasteiger partial charge < -0.3 is 10.1 Å². The Morgan fingerprint density at radius 1 is 1.25 bits per heavy atom. The molecule has 0 saturated carbocycles. The summed E-state index contributed by atoms with van der Waals surface area (Å²) in [4.78, 5) is 33.4. The van der Waals surface area contributed by atoms with E-state index in [-0.39, 0.29) is 17.3 Å². The third-order valence-corrected chi connectivity index (χ3v) is 2.49. The van der Waals surface area contributed by atoms with Gasteiger partial charge in [-0.15, -0.1) is 0 Å². The highest BCUT2D eigenvalue weighted by Gasteiger charge is 2.22. The predicted octanol–water partition coefficient (Wildman–Crippen LogP) is 2.12. The van der Waals surface area contributed by atoms with Crippen LogP contribution >= 0.6 is 0 Å². The van der Waals surface area contributed by atoms with E-state index in [4.69, 9.17) is 4.74 Å². The molecule has 0 heterocycles. The number of nitrogens with one attached hydrogen (secondary N) is 1. The Morgan fingerprint density at radius 3 is 2.40 bits per heavy atom. The maximum absolute atomic E-state index is 11.8. The summed E-state index contributed by atoms with van der Waals surface area (Å²) in [5.74, 6) is -1.47. The SMILES string of the molecule is CC(C)C(=O)O[C@@H](C)C(=O)Nc1ccccc1[N+](=O)[O-]. The normalized spacial score (nSPS) is 11.8. The van der Waals surface area contributed by atoms with Crippen molar-refractivity contribution in [3.05, 3.63) is 34.4 Å². The average Bonchev–Trinajstić information content (AvgIpc) is 2.38. The van der Waals surface area contributed by atoms with Crippen molar-refractivity contribution in [2.24, 2.45) is 5.92 Å². The molecule has 1 rings (SSSR count). The molecular formula is C13H16N2O5. The highest BCUT2D eigenvalue weighted by Crippen LogP contribution is 2.23. The number of nitrogens with zero attached hydrogens (tertiary/aromatic N) is 1. The van der Waals surface area contributed by atoms with Gasteiger partial charge in [-0.2, -0.15) is 0 Å². The molecule has 0 fully saturated rings. The van der Waals surface area contributed by atoms with Crippen molar-refractivity contribution < 1.29 is 19.2 Å². The van der Waals surface area contributed by atoms with E-state index < -0.39 is 22.9 Å². The van der Waals surface area contributed by atoms with Crippen LogP contribution in [0.25, 0.3) is 0 Å². The molecule has 0 aliphatic heterocycles. The fourth-order valence-corrected chi connectivity index (χ4v) is 1.34. The first-order chi connectivity index (χ1) is 9.32. The van der Waals surface area contributed by atoms with Crippen LogP contribution in [0.4, 0.5) is 11.4 Å². The molecule has 0 saturated heterocycles. The average molecular weight is 280 g/mol. The second kappa shape index (κ2) is 6.65. The zero-order valence-corrected chi connectivity index (χ0v) is 11.5. The molecule has 1 aromatic carbocycles. The molecule has 7 nitrogen and oxygen atoms in total. The number of carbonyl (C=O) groups is 2. The number of benzene rings is 1.